The maximum atomic E-state index is 4.43. The van der Waals surface area contributed by atoms with E-state index in [4.69, 9.17) is 0 Å². The number of pyridine rings is 1. The van der Waals surface area contributed by atoms with E-state index in [0.29, 0.717) is 0 Å². The Kier molecular flexibility index (Phi) is 3.60. The van der Waals surface area contributed by atoms with Gasteiger partial charge in [0.1, 0.15) is 6.33 Å². The Morgan fingerprint density at radius 1 is 0.885 bits per heavy atom. The van der Waals surface area contributed by atoms with Crippen LogP contribution in [-0.2, 0) is 0 Å². The molecule has 4 aromatic rings. The van der Waals surface area contributed by atoms with Crippen LogP contribution in [0.4, 0.5) is 5.69 Å². The van der Waals surface area contributed by atoms with Gasteiger partial charge in [0, 0.05) is 49.1 Å². The zero-order chi connectivity index (χ0) is 17.5. The molecule has 2 aromatic carbocycles. The molecule has 0 aliphatic carbocycles. The highest BCUT2D eigenvalue weighted by molar-refractivity contribution is 5.96. The molecule has 1 saturated heterocycles. The van der Waals surface area contributed by atoms with Crippen molar-refractivity contribution in [3.8, 4) is 5.69 Å². The molecule has 1 fully saturated rings. The molecule has 3 heterocycles. The minimum atomic E-state index is 0.778. The molecule has 5 nitrogen and oxygen atoms in total. The SMILES string of the molecule is CN1CCN(c2cccc3ccc(-n4cnc5ncccc54)cc23)CC1. The first kappa shape index (κ1) is 15.3. The standard InChI is InChI=1S/C21H21N5/c1-24-10-12-25(13-11-24)19-5-2-4-16-7-8-17(14-18(16)19)26-15-23-21-20(26)6-3-9-22-21/h2-9,14-15H,10-13H2,1H3. The van der Waals surface area contributed by atoms with E-state index >= 15 is 0 Å². The van der Waals surface area contributed by atoms with E-state index in [1.807, 2.05) is 12.4 Å². The Balaban J connectivity index is 1.64. The van der Waals surface area contributed by atoms with Gasteiger partial charge >= 0.3 is 0 Å². The molecule has 0 amide bonds. The number of hydrogen-bond acceptors (Lipinski definition) is 4. The van der Waals surface area contributed by atoms with Gasteiger partial charge in [-0.25, -0.2) is 9.97 Å². The number of nitrogens with zero attached hydrogens (tertiary/aromatic N) is 5. The van der Waals surface area contributed by atoms with Crippen molar-refractivity contribution in [1.29, 1.82) is 0 Å². The highest BCUT2D eigenvalue weighted by Gasteiger charge is 2.16. The number of fused-ring (bicyclic) bond motifs is 2. The summed E-state index contributed by atoms with van der Waals surface area (Å²) in [7, 11) is 2.19. The van der Waals surface area contributed by atoms with Crippen LogP contribution in [-0.4, -0.2) is 52.7 Å². The van der Waals surface area contributed by atoms with Crippen LogP contribution < -0.4 is 4.90 Å². The van der Waals surface area contributed by atoms with Gasteiger partial charge in [-0.1, -0.05) is 18.2 Å². The molecule has 0 atom stereocenters. The minimum absolute atomic E-state index is 0.778. The average Bonchev–Trinajstić information content (AvgIpc) is 3.12. The summed E-state index contributed by atoms with van der Waals surface area (Å²) in [5.41, 5.74) is 4.25. The van der Waals surface area contributed by atoms with Crippen LogP contribution in [0.15, 0.2) is 61.1 Å². The summed E-state index contributed by atoms with van der Waals surface area (Å²) in [6, 6.07) is 17.2. The van der Waals surface area contributed by atoms with Gasteiger partial charge < -0.3 is 9.80 Å². The fourth-order valence-electron chi connectivity index (χ4n) is 3.77. The van der Waals surface area contributed by atoms with Crippen LogP contribution in [0.2, 0.25) is 0 Å². The van der Waals surface area contributed by atoms with Crippen molar-refractivity contribution in [1.82, 2.24) is 19.4 Å². The second kappa shape index (κ2) is 6.11. The van der Waals surface area contributed by atoms with Gasteiger partial charge in [0.25, 0.3) is 0 Å². The van der Waals surface area contributed by atoms with Crippen LogP contribution >= 0.6 is 0 Å². The molecule has 0 radical (unpaired) electrons. The molecule has 5 rings (SSSR count). The summed E-state index contributed by atoms with van der Waals surface area (Å²) in [4.78, 5) is 13.7. The normalized spacial score (nSPS) is 15.8. The lowest BCUT2D eigenvalue weighted by molar-refractivity contribution is 0.313. The number of likely N-dealkylation sites (N-methyl/N-ethyl adjacent to an activating group) is 1. The molecule has 5 heteroatoms. The Labute approximate surface area is 152 Å². The Bertz CT molecular complexity index is 1080. The highest BCUT2D eigenvalue weighted by Crippen LogP contribution is 2.30. The number of anilines is 1. The van der Waals surface area contributed by atoms with Crippen LogP contribution in [0.25, 0.3) is 27.6 Å². The second-order valence-electron chi connectivity index (χ2n) is 6.93. The van der Waals surface area contributed by atoms with E-state index in [2.05, 4.69) is 73.8 Å². The zero-order valence-electron chi connectivity index (χ0n) is 14.8. The number of piperazine rings is 1. The van der Waals surface area contributed by atoms with Gasteiger partial charge in [-0.2, -0.15) is 0 Å². The number of aromatic nitrogens is 3. The van der Waals surface area contributed by atoms with Gasteiger partial charge in [0.05, 0.1) is 5.52 Å². The number of hydrogen-bond donors (Lipinski definition) is 0. The van der Waals surface area contributed by atoms with E-state index in [9.17, 15) is 0 Å². The van der Waals surface area contributed by atoms with E-state index < -0.39 is 0 Å². The molecule has 0 spiro atoms. The predicted molar refractivity (Wildman–Crippen MR) is 106 cm³/mol. The number of benzene rings is 2. The predicted octanol–water partition coefficient (Wildman–Crippen LogP) is 3.33. The van der Waals surface area contributed by atoms with E-state index in [1.54, 1.807) is 6.20 Å². The molecule has 1 aliphatic rings. The van der Waals surface area contributed by atoms with Crippen molar-refractivity contribution in [2.24, 2.45) is 0 Å². The Morgan fingerprint density at radius 3 is 2.65 bits per heavy atom. The first-order valence-corrected chi connectivity index (χ1v) is 9.04. The van der Waals surface area contributed by atoms with Crippen molar-refractivity contribution in [3.05, 3.63) is 61.1 Å². The van der Waals surface area contributed by atoms with Crippen LogP contribution in [0.3, 0.4) is 0 Å². The van der Waals surface area contributed by atoms with Crippen molar-refractivity contribution >= 4 is 27.6 Å². The topological polar surface area (TPSA) is 37.2 Å². The molecule has 130 valence electrons. The molecule has 0 unspecified atom stereocenters. The van der Waals surface area contributed by atoms with Crippen molar-refractivity contribution < 1.29 is 0 Å². The maximum Gasteiger partial charge on any atom is 0.177 e. The average molecular weight is 343 g/mol. The molecule has 0 saturated carbocycles. The third-order valence-electron chi connectivity index (χ3n) is 5.29. The quantitative estimate of drug-likeness (QED) is 0.559. The smallest absolute Gasteiger partial charge is 0.177 e. The zero-order valence-corrected chi connectivity index (χ0v) is 14.8. The molecule has 2 aromatic heterocycles. The fourth-order valence-corrected chi connectivity index (χ4v) is 3.77. The lowest BCUT2D eigenvalue weighted by atomic mass is 10.1. The third kappa shape index (κ3) is 2.52. The van der Waals surface area contributed by atoms with Gasteiger partial charge in [0.2, 0.25) is 0 Å². The highest BCUT2D eigenvalue weighted by atomic mass is 15.2. The first-order chi connectivity index (χ1) is 12.8. The minimum Gasteiger partial charge on any atom is -0.368 e. The summed E-state index contributed by atoms with van der Waals surface area (Å²) >= 11 is 0. The summed E-state index contributed by atoms with van der Waals surface area (Å²) in [6.45, 7) is 4.34. The maximum absolute atomic E-state index is 4.43. The summed E-state index contributed by atoms with van der Waals surface area (Å²) in [6.07, 6.45) is 3.64. The third-order valence-corrected chi connectivity index (χ3v) is 5.29. The van der Waals surface area contributed by atoms with Crippen molar-refractivity contribution in [2.45, 2.75) is 0 Å². The Hall–Kier alpha value is -2.92. The van der Waals surface area contributed by atoms with Gasteiger partial charge in [-0.05, 0) is 42.8 Å². The summed E-state index contributed by atoms with van der Waals surface area (Å²) < 4.78 is 2.11. The lowest BCUT2D eigenvalue weighted by Crippen LogP contribution is -2.44. The molecule has 0 bridgehead atoms. The fraction of sp³-hybridized carbons (Fsp3) is 0.238. The summed E-state index contributed by atoms with van der Waals surface area (Å²) in [5, 5.41) is 2.56. The monoisotopic (exact) mass is 343 g/mol. The molecule has 1 aliphatic heterocycles. The molecule has 26 heavy (non-hydrogen) atoms. The van der Waals surface area contributed by atoms with Gasteiger partial charge in [-0.15, -0.1) is 0 Å². The largest absolute Gasteiger partial charge is 0.368 e. The van der Waals surface area contributed by atoms with Gasteiger partial charge in [0.15, 0.2) is 5.65 Å². The van der Waals surface area contributed by atoms with E-state index in [0.717, 1.165) is 43.0 Å². The Morgan fingerprint density at radius 2 is 1.77 bits per heavy atom. The molecular formula is C21H21N5. The number of rotatable bonds is 2. The lowest BCUT2D eigenvalue weighted by Gasteiger charge is -2.34. The van der Waals surface area contributed by atoms with Crippen molar-refractivity contribution in [3.63, 3.8) is 0 Å². The summed E-state index contributed by atoms with van der Waals surface area (Å²) in [5.74, 6) is 0. The van der Waals surface area contributed by atoms with Crippen LogP contribution in [0.1, 0.15) is 0 Å². The molecular weight excluding hydrogens is 322 g/mol. The number of imidazole rings is 1. The van der Waals surface area contributed by atoms with Gasteiger partial charge in [-0.3, -0.25) is 4.57 Å². The van der Waals surface area contributed by atoms with Crippen LogP contribution in [0, 0.1) is 0 Å². The second-order valence-corrected chi connectivity index (χ2v) is 6.93. The van der Waals surface area contributed by atoms with Crippen LogP contribution in [0.5, 0.6) is 0 Å². The first-order valence-electron chi connectivity index (χ1n) is 9.04. The molecule has 0 N–H and O–H groups in total. The van der Waals surface area contributed by atoms with Crippen molar-refractivity contribution in [2.75, 3.05) is 38.1 Å². The van der Waals surface area contributed by atoms with E-state index in [1.165, 1.54) is 16.5 Å². The van der Waals surface area contributed by atoms with E-state index in [-0.39, 0.29) is 0 Å².